The summed E-state index contributed by atoms with van der Waals surface area (Å²) in [5.41, 5.74) is 0.615. The molecule has 0 aliphatic rings. The minimum atomic E-state index is -0.360. The topological polar surface area (TPSA) is 48.1 Å². The van der Waals surface area contributed by atoms with E-state index in [0.29, 0.717) is 5.69 Å². The quantitative estimate of drug-likeness (QED) is 0.615. The first-order valence-corrected chi connectivity index (χ1v) is 2.75. The van der Waals surface area contributed by atoms with E-state index in [4.69, 9.17) is 5.90 Å². The highest BCUT2D eigenvalue weighted by Crippen LogP contribution is 1.97. The summed E-state index contributed by atoms with van der Waals surface area (Å²) in [4.78, 5) is 7.97. The van der Waals surface area contributed by atoms with Gasteiger partial charge in [0, 0.05) is 0 Å². The SMILES string of the molecule is NOCc1ccc(F)cn1. The van der Waals surface area contributed by atoms with Crippen molar-refractivity contribution in [2.45, 2.75) is 6.61 Å². The molecule has 1 aromatic rings. The van der Waals surface area contributed by atoms with Crippen LogP contribution >= 0.6 is 0 Å². The lowest BCUT2D eigenvalue weighted by atomic mass is 10.4. The number of hydrogen-bond donors (Lipinski definition) is 1. The van der Waals surface area contributed by atoms with Crippen molar-refractivity contribution in [2.24, 2.45) is 5.90 Å². The van der Waals surface area contributed by atoms with Crippen molar-refractivity contribution in [3.8, 4) is 0 Å². The second-order valence-corrected chi connectivity index (χ2v) is 1.78. The molecule has 0 saturated carbocycles. The smallest absolute Gasteiger partial charge is 0.141 e. The van der Waals surface area contributed by atoms with Crippen molar-refractivity contribution in [1.29, 1.82) is 0 Å². The summed E-state index contributed by atoms with van der Waals surface area (Å²) in [6, 6.07) is 2.82. The van der Waals surface area contributed by atoms with Crippen molar-refractivity contribution in [3.05, 3.63) is 29.8 Å². The number of hydrogen-bond acceptors (Lipinski definition) is 3. The Hall–Kier alpha value is -1.00. The standard InChI is InChI=1S/C6H7FN2O/c7-5-1-2-6(4-10-8)9-3-5/h1-3H,4,8H2. The van der Waals surface area contributed by atoms with Gasteiger partial charge in [0.15, 0.2) is 0 Å². The van der Waals surface area contributed by atoms with Gasteiger partial charge < -0.3 is 0 Å². The van der Waals surface area contributed by atoms with Gasteiger partial charge in [0.25, 0.3) is 0 Å². The van der Waals surface area contributed by atoms with Crippen molar-refractivity contribution in [1.82, 2.24) is 4.98 Å². The van der Waals surface area contributed by atoms with Crippen LogP contribution in [-0.2, 0) is 11.4 Å². The molecule has 1 heterocycles. The number of halogens is 1. The fourth-order valence-electron chi connectivity index (χ4n) is 0.577. The fourth-order valence-corrected chi connectivity index (χ4v) is 0.577. The fraction of sp³-hybridized carbons (Fsp3) is 0.167. The van der Waals surface area contributed by atoms with E-state index in [1.165, 1.54) is 12.1 Å². The molecule has 0 atom stereocenters. The summed E-state index contributed by atoms with van der Waals surface area (Å²) in [5, 5.41) is 0. The first kappa shape index (κ1) is 7.11. The zero-order valence-corrected chi connectivity index (χ0v) is 5.25. The molecule has 0 fully saturated rings. The highest BCUT2D eigenvalue weighted by molar-refractivity contribution is 5.03. The number of rotatable bonds is 2. The monoisotopic (exact) mass is 142 g/mol. The van der Waals surface area contributed by atoms with Crippen LogP contribution in [0, 0.1) is 5.82 Å². The third kappa shape index (κ3) is 1.75. The Balaban J connectivity index is 2.69. The van der Waals surface area contributed by atoms with E-state index in [0.717, 1.165) is 6.20 Å². The summed E-state index contributed by atoms with van der Waals surface area (Å²) >= 11 is 0. The average molecular weight is 142 g/mol. The molecule has 1 rings (SSSR count). The summed E-state index contributed by atoms with van der Waals surface area (Å²) in [6.45, 7) is 0.209. The van der Waals surface area contributed by atoms with Crippen LogP contribution in [0.25, 0.3) is 0 Å². The molecule has 4 heteroatoms. The average Bonchev–Trinajstić information content (AvgIpc) is 1.95. The van der Waals surface area contributed by atoms with Crippen molar-refractivity contribution in [3.63, 3.8) is 0 Å². The molecule has 0 aromatic carbocycles. The molecular formula is C6H7FN2O. The van der Waals surface area contributed by atoms with E-state index in [2.05, 4.69) is 9.82 Å². The largest absolute Gasteiger partial charge is 0.298 e. The van der Waals surface area contributed by atoms with Gasteiger partial charge in [-0.15, -0.1) is 0 Å². The number of nitrogens with two attached hydrogens (primary N) is 1. The molecule has 0 bridgehead atoms. The van der Waals surface area contributed by atoms with Crippen LogP contribution in [0.5, 0.6) is 0 Å². The molecule has 0 unspecified atom stereocenters. The second kappa shape index (κ2) is 3.24. The molecule has 10 heavy (non-hydrogen) atoms. The Kier molecular flexibility index (Phi) is 2.30. The molecule has 0 radical (unpaired) electrons. The van der Waals surface area contributed by atoms with Gasteiger partial charge in [-0.1, -0.05) is 0 Å². The molecule has 3 nitrogen and oxygen atoms in total. The van der Waals surface area contributed by atoms with E-state index < -0.39 is 0 Å². The van der Waals surface area contributed by atoms with E-state index in [-0.39, 0.29) is 12.4 Å². The lowest BCUT2D eigenvalue weighted by Gasteiger charge is -1.95. The zero-order chi connectivity index (χ0) is 7.40. The summed E-state index contributed by atoms with van der Waals surface area (Å²) in [6.07, 6.45) is 1.12. The number of nitrogens with zero attached hydrogens (tertiary/aromatic N) is 1. The first-order chi connectivity index (χ1) is 4.83. The van der Waals surface area contributed by atoms with Crippen molar-refractivity contribution >= 4 is 0 Å². The number of aromatic nitrogens is 1. The minimum Gasteiger partial charge on any atom is -0.298 e. The Labute approximate surface area is 57.6 Å². The molecule has 1 aromatic heterocycles. The normalized spacial score (nSPS) is 9.80. The van der Waals surface area contributed by atoms with Gasteiger partial charge in [-0.2, -0.15) is 0 Å². The molecule has 2 N–H and O–H groups in total. The van der Waals surface area contributed by atoms with E-state index in [1.807, 2.05) is 0 Å². The summed E-state index contributed by atoms with van der Waals surface area (Å²) < 4.78 is 12.2. The highest BCUT2D eigenvalue weighted by atomic mass is 19.1. The van der Waals surface area contributed by atoms with Gasteiger partial charge in [0.05, 0.1) is 11.9 Å². The minimum absolute atomic E-state index is 0.209. The van der Waals surface area contributed by atoms with Crippen molar-refractivity contribution in [2.75, 3.05) is 0 Å². The molecule has 54 valence electrons. The van der Waals surface area contributed by atoms with E-state index in [9.17, 15) is 4.39 Å². The van der Waals surface area contributed by atoms with Crippen LogP contribution in [0.15, 0.2) is 18.3 Å². The van der Waals surface area contributed by atoms with Gasteiger partial charge in [-0.3, -0.25) is 9.82 Å². The van der Waals surface area contributed by atoms with Crippen LogP contribution < -0.4 is 5.90 Å². The zero-order valence-electron chi connectivity index (χ0n) is 5.25. The maximum atomic E-state index is 12.2. The van der Waals surface area contributed by atoms with Crippen LogP contribution in [0.4, 0.5) is 4.39 Å². The highest BCUT2D eigenvalue weighted by Gasteiger charge is 1.92. The Morgan fingerprint density at radius 2 is 2.40 bits per heavy atom. The first-order valence-electron chi connectivity index (χ1n) is 2.75. The molecule has 0 spiro atoms. The third-order valence-electron chi connectivity index (χ3n) is 1.02. The van der Waals surface area contributed by atoms with Gasteiger partial charge in [0.1, 0.15) is 12.4 Å². The van der Waals surface area contributed by atoms with Gasteiger partial charge >= 0.3 is 0 Å². The third-order valence-corrected chi connectivity index (χ3v) is 1.02. The van der Waals surface area contributed by atoms with Crippen LogP contribution in [0.1, 0.15) is 5.69 Å². The Morgan fingerprint density at radius 3 is 2.90 bits per heavy atom. The van der Waals surface area contributed by atoms with Crippen LogP contribution in [0.2, 0.25) is 0 Å². The second-order valence-electron chi connectivity index (χ2n) is 1.78. The number of pyridine rings is 1. The maximum Gasteiger partial charge on any atom is 0.141 e. The van der Waals surface area contributed by atoms with Crippen LogP contribution in [-0.4, -0.2) is 4.98 Å². The lowest BCUT2D eigenvalue weighted by molar-refractivity contribution is 0.121. The maximum absolute atomic E-state index is 12.2. The van der Waals surface area contributed by atoms with Crippen molar-refractivity contribution < 1.29 is 9.23 Å². The summed E-state index contributed by atoms with van der Waals surface area (Å²) in [5.74, 6) is 4.40. The van der Waals surface area contributed by atoms with Gasteiger partial charge in [-0.05, 0) is 12.1 Å². The van der Waals surface area contributed by atoms with Gasteiger partial charge in [-0.25, -0.2) is 10.3 Å². The lowest BCUT2D eigenvalue weighted by Crippen LogP contribution is -2.00. The molecule has 0 aliphatic carbocycles. The van der Waals surface area contributed by atoms with Gasteiger partial charge in [0.2, 0.25) is 0 Å². The molecule has 0 amide bonds. The predicted molar refractivity (Wildman–Crippen MR) is 33.2 cm³/mol. The molecular weight excluding hydrogens is 135 g/mol. The van der Waals surface area contributed by atoms with E-state index in [1.54, 1.807) is 0 Å². The predicted octanol–water partition coefficient (Wildman–Crippen LogP) is 0.611. The Bertz CT molecular complexity index is 199. The Morgan fingerprint density at radius 1 is 1.60 bits per heavy atom. The molecule has 0 aliphatic heterocycles. The van der Waals surface area contributed by atoms with E-state index >= 15 is 0 Å². The van der Waals surface area contributed by atoms with Crippen LogP contribution in [0.3, 0.4) is 0 Å². The molecule has 0 saturated heterocycles. The summed E-state index contributed by atoms with van der Waals surface area (Å²) in [7, 11) is 0.